The molecule has 6 nitrogen and oxygen atoms in total. The van der Waals surface area contributed by atoms with Gasteiger partial charge in [0, 0.05) is 26.2 Å². The van der Waals surface area contributed by atoms with Crippen LogP contribution in [0.4, 0.5) is 0 Å². The molecule has 2 saturated carbocycles. The van der Waals surface area contributed by atoms with Crippen LogP contribution in [0.1, 0.15) is 53.4 Å². The van der Waals surface area contributed by atoms with Crippen molar-refractivity contribution >= 4 is 0 Å². The fourth-order valence-electron chi connectivity index (χ4n) is 6.74. The zero-order valence-electron chi connectivity index (χ0n) is 21.8. The summed E-state index contributed by atoms with van der Waals surface area (Å²) in [5, 5.41) is 26.8. The van der Waals surface area contributed by atoms with E-state index in [9.17, 15) is 10.2 Å². The van der Waals surface area contributed by atoms with Gasteiger partial charge in [0.05, 0.1) is 38.6 Å². The molecule has 0 saturated heterocycles. The Morgan fingerprint density at radius 3 is 1.56 bits per heavy atom. The average molecular weight is 477 g/mol. The molecule has 0 aliphatic heterocycles. The third-order valence-electron chi connectivity index (χ3n) is 9.56. The van der Waals surface area contributed by atoms with E-state index in [4.69, 9.17) is 9.47 Å². The molecule has 6 rings (SSSR count). The maximum Gasteiger partial charge on any atom is 0.0897 e. The van der Waals surface area contributed by atoms with Gasteiger partial charge in [-0.25, -0.2) is 0 Å². The van der Waals surface area contributed by atoms with Crippen LogP contribution in [0.15, 0.2) is 23.3 Å². The first-order chi connectivity index (χ1) is 16.2. The highest BCUT2D eigenvalue weighted by Crippen LogP contribution is 2.60. The van der Waals surface area contributed by atoms with Crippen LogP contribution in [-0.2, 0) is 9.47 Å². The molecule has 0 amide bonds. The average Bonchev–Trinajstić information content (AvgIpc) is 2.81. The monoisotopic (exact) mass is 476 g/mol. The Kier molecular flexibility index (Phi) is 8.59. The molecule has 0 aromatic heterocycles. The molecule has 34 heavy (non-hydrogen) atoms. The highest BCUT2D eigenvalue weighted by atomic mass is 16.5. The number of hydrogen-bond donors (Lipinski definition) is 4. The summed E-state index contributed by atoms with van der Waals surface area (Å²) in [5.74, 6) is 3.01. The Bertz CT molecular complexity index is 685. The lowest BCUT2D eigenvalue weighted by molar-refractivity contribution is -0.0237. The van der Waals surface area contributed by atoms with Gasteiger partial charge < -0.3 is 30.3 Å². The van der Waals surface area contributed by atoms with Crippen LogP contribution >= 0.6 is 0 Å². The van der Waals surface area contributed by atoms with Crippen molar-refractivity contribution in [3.05, 3.63) is 23.3 Å². The van der Waals surface area contributed by atoms with Crippen LogP contribution in [0, 0.1) is 34.5 Å². The number of fused-ring (bicyclic) bond motifs is 2. The Hall–Kier alpha value is -0.760. The number of ether oxygens (including phenoxy) is 2. The maximum absolute atomic E-state index is 10.2. The molecular formula is C28H48N2O4. The topological polar surface area (TPSA) is 83.0 Å². The first-order valence-corrected chi connectivity index (χ1v) is 13.5. The molecule has 194 valence electrons. The molecule has 0 heterocycles. The second-order valence-electron chi connectivity index (χ2n) is 12.4. The van der Waals surface area contributed by atoms with Gasteiger partial charge in [-0.15, -0.1) is 0 Å². The number of nitrogens with one attached hydrogen (secondary N) is 2. The smallest absolute Gasteiger partial charge is 0.0897 e. The number of aliphatic hydroxyl groups is 2. The molecule has 0 radical (unpaired) electrons. The summed E-state index contributed by atoms with van der Waals surface area (Å²) in [4.78, 5) is 0. The van der Waals surface area contributed by atoms with Crippen molar-refractivity contribution in [3.63, 3.8) is 0 Å². The quantitative estimate of drug-likeness (QED) is 0.215. The second-order valence-corrected chi connectivity index (χ2v) is 12.4. The summed E-state index contributed by atoms with van der Waals surface area (Å²) in [6.07, 6.45) is 8.67. The molecule has 0 spiro atoms. The normalized spacial score (nSPS) is 32.2. The Morgan fingerprint density at radius 2 is 1.21 bits per heavy atom. The van der Waals surface area contributed by atoms with E-state index in [2.05, 4.69) is 50.5 Å². The van der Waals surface area contributed by atoms with Gasteiger partial charge in [-0.1, -0.05) is 39.8 Å². The van der Waals surface area contributed by atoms with Crippen LogP contribution in [0.3, 0.4) is 0 Å². The third kappa shape index (κ3) is 5.79. The standard InChI is InChI=1S/C28H48N2O4/c1-27(2)21-7-5-19(25(27)11-21)15-33-17-23(31)13-29-9-10-30-14-24(32)18-34-16-20-6-8-22-12-26(20)28(22,3)4/h5-6,21-26,29-32H,7-18H2,1-4H3. The van der Waals surface area contributed by atoms with Gasteiger partial charge in [-0.05, 0) is 71.3 Å². The second kappa shape index (κ2) is 11.1. The van der Waals surface area contributed by atoms with E-state index < -0.39 is 12.2 Å². The van der Waals surface area contributed by atoms with E-state index >= 15 is 0 Å². The molecule has 0 aromatic carbocycles. The summed E-state index contributed by atoms with van der Waals surface area (Å²) in [5.41, 5.74) is 3.70. The summed E-state index contributed by atoms with van der Waals surface area (Å²) < 4.78 is 11.6. The molecule has 4 N–H and O–H groups in total. The highest BCUT2D eigenvalue weighted by Gasteiger charge is 2.51. The Morgan fingerprint density at radius 1 is 0.794 bits per heavy atom. The van der Waals surface area contributed by atoms with E-state index in [-0.39, 0.29) is 0 Å². The van der Waals surface area contributed by atoms with Gasteiger partial charge in [0.15, 0.2) is 0 Å². The lowest BCUT2D eigenvalue weighted by atomic mass is 9.49. The SMILES string of the molecule is CC1(C)C2CC=C(COCC(O)CNCCNCC(O)COCC3=CCC4CC3C4(C)C)C1C2. The van der Waals surface area contributed by atoms with Gasteiger partial charge >= 0.3 is 0 Å². The molecule has 6 unspecified atom stereocenters. The van der Waals surface area contributed by atoms with Gasteiger partial charge in [0.1, 0.15) is 0 Å². The molecule has 0 aromatic rings. The van der Waals surface area contributed by atoms with Crippen molar-refractivity contribution in [3.8, 4) is 0 Å². The van der Waals surface area contributed by atoms with Crippen molar-refractivity contribution in [2.24, 2.45) is 34.5 Å². The van der Waals surface area contributed by atoms with E-state index in [0.29, 0.717) is 62.2 Å². The predicted octanol–water partition coefficient (Wildman–Crippen LogP) is 2.91. The summed E-state index contributed by atoms with van der Waals surface area (Å²) in [6, 6.07) is 0. The van der Waals surface area contributed by atoms with Gasteiger partial charge in [0.2, 0.25) is 0 Å². The lowest BCUT2D eigenvalue weighted by Gasteiger charge is -2.56. The largest absolute Gasteiger partial charge is 0.389 e. The summed E-state index contributed by atoms with van der Waals surface area (Å²) >= 11 is 0. The fraction of sp³-hybridized carbons (Fsp3) is 0.857. The van der Waals surface area contributed by atoms with E-state index in [0.717, 1.165) is 24.9 Å². The zero-order chi connectivity index (χ0) is 24.3. The minimum Gasteiger partial charge on any atom is -0.389 e. The molecule has 6 aliphatic carbocycles. The van der Waals surface area contributed by atoms with Gasteiger partial charge in [0.25, 0.3) is 0 Å². The van der Waals surface area contributed by atoms with E-state index in [1.54, 1.807) is 0 Å². The lowest BCUT2D eigenvalue weighted by Crippen LogP contribution is -2.48. The third-order valence-corrected chi connectivity index (χ3v) is 9.56. The van der Waals surface area contributed by atoms with Crippen LogP contribution in [0.5, 0.6) is 0 Å². The molecule has 6 atom stereocenters. The van der Waals surface area contributed by atoms with Gasteiger partial charge in [-0.3, -0.25) is 0 Å². The molecular weight excluding hydrogens is 428 g/mol. The van der Waals surface area contributed by atoms with E-state index in [1.807, 2.05) is 0 Å². The molecule has 4 bridgehead atoms. The number of rotatable bonds is 15. The number of hydrogen-bond acceptors (Lipinski definition) is 6. The zero-order valence-corrected chi connectivity index (χ0v) is 21.8. The molecule has 2 fully saturated rings. The van der Waals surface area contributed by atoms with Crippen LogP contribution in [0.2, 0.25) is 0 Å². The van der Waals surface area contributed by atoms with Crippen molar-refractivity contribution in [1.82, 2.24) is 10.6 Å². The molecule has 6 heteroatoms. The van der Waals surface area contributed by atoms with Crippen molar-refractivity contribution in [2.75, 3.05) is 52.6 Å². The van der Waals surface area contributed by atoms with Crippen molar-refractivity contribution in [1.29, 1.82) is 0 Å². The van der Waals surface area contributed by atoms with E-state index in [1.165, 1.54) is 36.8 Å². The molecule has 6 aliphatic rings. The Labute approximate surface area is 206 Å². The summed E-state index contributed by atoms with van der Waals surface area (Å²) in [6.45, 7) is 14.0. The van der Waals surface area contributed by atoms with Crippen molar-refractivity contribution < 1.29 is 19.7 Å². The first-order valence-electron chi connectivity index (χ1n) is 13.5. The van der Waals surface area contributed by atoms with Crippen LogP contribution in [-0.4, -0.2) is 75.0 Å². The first kappa shape index (κ1) is 26.3. The predicted molar refractivity (Wildman–Crippen MR) is 136 cm³/mol. The van der Waals surface area contributed by atoms with Crippen LogP contribution < -0.4 is 10.6 Å². The van der Waals surface area contributed by atoms with Gasteiger partial charge in [-0.2, -0.15) is 0 Å². The number of aliphatic hydroxyl groups excluding tert-OH is 2. The summed E-state index contributed by atoms with van der Waals surface area (Å²) in [7, 11) is 0. The maximum atomic E-state index is 10.2. The minimum absolute atomic E-state index is 0.361. The highest BCUT2D eigenvalue weighted by molar-refractivity contribution is 5.24. The Balaban J connectivity index is 0.968. The minimum atomic E-state index is -0.504. The number of allylic oxidation sites excluding steroid dienone is 2. The van der Waals surface area contributed by atoms with Crippen molar-refractivity contribution in [2.45, 2.75) is 65.6 Å². The fourth-order valence-corrected chi connectivity index (χ4v) is 6.74. The van der Waals surface area contributed by atoms with Crippen LogP contribution in [0.25, 0.3) is 0 Å².